The average Bonchev–Trinajstić information content (AvgIpc) is 2.23. The number of halogens is 2. The fraction of sp³-hybridized carbons (Fsp3) is 0.500. The van der Waals surface area contributed by atoms with Crippen molar-refractivity contribution in [2.75, 3.05) is 19.6 Å². The van der Waals surface area contributed by atoms with E-state index in [2.05, 4.69) is 34.7 Å². The summed E-state index contributed by atoms with van der Waals surface area (Å²) in [4.78, 5) is 2.22. The van der Waals surface area contributed by atoms with Gasteiger partial charge in [0.05, 0.1) is 0 Å². The second-order valence-corrected chi connectivity index (χ2v) is 4.71. The van der Waals surface area contributed by atoms with Crippen LogP contribution in [-0.4, -0.2) is 24.5 Å². The lowest BCUT2D eigenvalue weighted by molar-refractivity contribution is 0.228. The molecule has 0 bridgehead atoms. The Labute approximate surface area is 105 Å². The molecule has 16 heavy (non-hydrogen) atoms. The maximum atomic E-state index is 13.3. The van der Waals surface area contributed by atoms with E-state index >= 15 is 0 Å². The number of hydrogen-bond acceptors (Lipinski definition) is 2. The van der Waals surface area contributed by atoms with Crippen LogP contribution in [0.25, 0.3) is 0 Å². The topological polar surface area (TPSA) is 29.3 Å². The Hall–Kier alpha value is -0.450. The standard InChI is InChI=1S/C12H18BrFN2/c1-3-16(5-4-15)9(2)10-6-11(13)8-12(14)7-10/h6-9H,3-5,15H2,1-2H3. The Morgan fingerprint density at radius 2 is 2.12 bits per heavy atom. The first kappa shape index (κ1) is 13.6. The molecular formula is C12H18BrFN2. The summed E-state index contributed by atoms with van der Waals surface area (Å²) < 4.78 is 14.0. The van der Waals surface area contributed by atoms with E-state index in [9.17, 15) is 4.39 Å². The molecule has 0 aliphatic rings. The molecule has 0 aromatic heterocycles. The van der Waals surface area contributed by atoms with Crippen molar-refractivity contribution < 1.29 is 4.39 Å². The minimum absolute atomic E-state index is 0.181. The van der Waals surface area contributed by atoms with Crippen molar-refractivity contribution in [2.45, 2.75) is 19.9 Å². The van der Waals surface area contributed by atoms with Gasteiger partial charge in [-0.3, -0.25) is 4.90 Å². The van der Waals surface area contributed by atoms with E-state index in [4.69, 9.17) is 5.73 Å². The zero-order chi connectivity index (χ0) is 12.1. The van der Waals surface area contributed by atoms with E-state index in [-0.39, 0.29) is 11.9 Å². The van der Waals surface area contributed by atoms with Crippen LogP contribution in [-0.2, 0) is 0 Å². The van der Waals surface area contributed by atoms with Crippen LogP contribution in [0.5, 0.6) is 0 Å². The van der Waals surface area contributed by atoms with Crippen LogP contribution < -0.4 is 5.73 Å². The maximum Gasteiger partial charge on any atom is 0.124 e. The quantitative estimate of drug-likeness (QED) is 0.903. The minimum atomic E-state index is -0.208. The SMILES string of the molecule is CCN(CCN)C(C)c1cc(F)cc(Br)c1. The first-order valence-electron chi connectivity index (χ1n) is 5.48. The van der Waals surface area contributed by atoms with Crippen LogP contribution in [0.2, 0.25) is 0 Å². The molecule has 90 valence electrons. The minimum Gasteiger partial charge on any atom is -0.329 e. The predicted octanol–water partition coefficient (Wildman–Crippen LogP) is 2.93. The molecular weight excluding hydrogens is 271 g/mol. The molecule has 1 atom stereocenters. The van der Waals surface area contributed by atoms with Crippen LogP contribution in [0.4, 0.5) is 4.39 Å². The van der Waals surface area contributed by atoms with Gasteiger partial charge in [-0.25, -0.2) is 4.39 Å². The van der Waals surface area contributed by atoms with Gasteiger partial charge in [0.25, 0.3) is 0 Å². The molecule has 0 fully saturated rings. The number of rotatable bonds is 5. The molecule has 2 nitrogen and oxygen atoms in total. The molecule has 1 unspecified atom stereocenters. The van der Waals surface area contributed by atoms with E-state index in [0.29, 0.717) is 6.54 Å². The van der Waals surface area contributed by atoms with Gasteiger partial charge in [-0.2, -0.15) is 0 Å². The third-order valence-electron chi connectivity index (χ3n) is 2.74. The lowest BCUT2D eigenvalue weighted by Crippen LogP contribution is -2.31. The number of likely N-dealkylation sites (N-methyl/N-ethyl adjacent to an activating group) is 1. The molecule has 2 N–H and O–H groups in total. The zero-order valence-corrected chi connectivity index (χ0v) is 11.3. The number of nitrogens with zero attached hydrogens (tertiary/aromatic N) is 1. The van der Waals surface area contributed by atoms with Gasteiger partial charge in [-0.1, -0.05) is 22.9 Å². The molecule has 4 heteroatoms. The summed E-state index contributed by atoms with van der Waals surface area (Å²) in [5.41, 5.74) is 6.53. The summed E-state index contributed by atoms with van der Waals surface area (Å²) in [5.74, 6) is -0.208. The molecule has 0 saturated heterocycles. The largest absolute Gasteiger partial charge is 0.329 e. The highest BCUT2D eigenvalue weighted by Crippen LogP contribution is 2.24. The van der Waals surface area contributed by atoms with Crippen LogP contribution in [0.3, 0.4) is 0 Å². The van der Waals surface area contributed by atoms with Gasteiger partial charge in [-0.05, 0) is 37.2 Å². The highest BCUT2D eigenvalue weighted by Gasteiger charge is 2.14. The lowest BCUT2D eigenvalue weighted by atomic mass is 10.1. The van der Waals surface area contributed by atoms with Crippen molar-refractivity contribution in [3.63, 3.8) is 0 Å². The van der Waals surface area contributed by atoms with Gasteiger partial charge in [0, 0.05) is 23.6 Å². The highest BCUT2D eigenvalue weighted by atomic mass is 79.9. The molecule has 1 rings (SSSR count). The Morgan fingerprint density at radius 1 is 1.44 bits per heavy atom. The van der Waals surface area contributed by atoms with Crippen molar-refractivity contribution in [3.05, 3.63) is 34.1 Å². The maximum absolute atomic E-state index is 13.3. The number of nitrogens with two attached hydrogens (primary N) is 1. The summed E-state index contributed by atoms with van der Waals surface area (Å²) in [5, 5.41) is 0. The lowest BCUT2D eigenvalue weighted by Gasteiger charge is -2.27. The molecule has 0 aliphatic heterocycles. The summed E-state index contributed by atoms with van der Waals surface area (Å²) >= 11 is 3.31. The summed E-state index contributed by atoms with van der Waals surface area (Å²) in [6, 6.07) is 5.18. The highest BCUT2D eigenvalue weighted by molar-refractivity contribution is 9.10. The third-order valence-corrected chi connectivity index (χ3v) is 3.20. The van der Waals surface area contributed by atoms with Gasteiger partial charge in [0.2, 0.25) is 0 Å². The van der Waals surface area contributed by atoms with E-state index in [1.165, 1.54) is 6.07 Å². The fourth-order valence-corrected chi connectivity index (χ4v) is 2.30. The third kappa shape index (κ3) is 3.54. The molecule has 0 spiro atoms. The van der Waals surface area contributed by atoms with Gasteiger partial charge < -0.3 is 5.73 Å². The molecule has 0 amide bonds. The van der Waals surface area contributed by atoms with Crippen molar-refractivity contribution in [2.24, 2.45) is 5.73 Å². The van der Waals surface area contributed by atoms with Crippen molar-refractivity contribution in [3.8, 4) is 0 Å². The molecule has 1 aromatic carbocycles. The second-order valence-electron chi connectivity index (χ2n) is 3.80. The van der Waals surface area contributed by atoms with Crippen LogP contribution >= 0.6 is 15.9 Å². The van der Waals surface area contributed by atoms with E-state index in [1.807, 2.05) is 6.07 Å². The fourth-order valence-electron chi connectivity index (χ4n) is 1.82. The van der Waals surface area contributed by atoms with Crippen molar-refractivity contribution in [1.29, 1.82) is 0 Å². The van der Waals surface area contributed by atoms with Crippen molar-refractivity contribution >= 4 is 15.9 Å². The predicted molar refractivity (Wildman–Crippen MR) is 68.8 cm³/mol. The Bertz CT molecular complexity index is 324. The summed E-state index contributed by atoms with van der Waals surface area (Å²) in [7, 11) is 0. The van der Waals surface area contributed by atoms with E-state index < -0.39 is 0 Å². The molecule has 0 heterocycles. The summed E-state index contributed by atoms with van der Waals surface area (Å²) in [6.07, 6.45) is 0. The van der Waals surface area contributed by atoms with Gasteiger partial charge in [0.1, 0.15) is 5.82 Å². The second kappa shape index (κ2) is 6.33. The number of benzene rings is 1. The first-order valence-corrected chi connectivity index (χ1v) is 6.28. The smallest absolute Gasteiger partial charge is 0.124 e. The summed E-state index contributed by atoms with van der Waals surface area (Å²) in [6.45, 7) is 6.51. The average molecular weight is 289 g/mol. The van der Waals surface area contributed by atoms with Crippen LogP contribution in [0.1, 0.15) is 25.5 Å². The Morgan fingerprint density at radius 3 is 2.62 bits per heavy atom. The molecule has 0 radical (unpaired) electrons. The van der Waals surface area contributed by atoms with Gasteiger partial charge >= 0.3 is 0 Å². The van der Waals surface area contributed by atoms with Crippen LogP contribution in [0.15, 0.2) is 22.7 Å². The first-order chi connectivity index (χ1) is 7.58. The number of hydrogen-bond donors (Lipinski definition) is 1. The van der Waals surface area contributed by atoms with Crippen molar-refractivity contribution in [1.82, 2.24) is 4.90 Å². The van der Waals surface area contributed by atoms with E-state index in [1.54, 1.807) is 6.07 Å². The van der Waals surface area contributed by atoms with E-state index in [0.717, 1.165) is 23.1 Å². The monoisotopic (exact) mass is 288 g/mol. The van der Waals surface area contributed by atoms with Gasteiger partial charge in [-0.15, -0.1) is 0 Å². The molecule has 0 aliphatic carbocycles. The van der Waals surface area contributed by atoms with Gasteiger partial charge in [0.15, 0.2) is 0 Å². The normalized spacial score (nSPS) is 13.1. The molecule has 0 saturated carbocycles. The Balaban J connectivity index is 2.89. The van der Waals surface area contributed by atoms with Crippen LogP contribution in [0, 0.1) is 5.82 Å². The Kier molecular flexibility index (Phi) is 5.38. The molecule has 1 aromatic rings. The zero-order valence-electron chi connectivity index (χ0n) is 9.71.